The van der Waals surface area contributed by atoms with E-state index in [9.17, 15) is 0 Å². The van der Waals surface area contributed by atoms with Crippen molar-refractivity contribution in [2.45, 2.75) is 58.7 Å². The van der Waals surface area contributed by atoms with Gasteiger partial charge < -0.3 is 9.47 Å². The van der Waals surface area contributed by atoms with Crippen LogP contribution in [0.25, 0.3) is 6.08 Å². The number of halogens is 2. The zero-order chi connectivity index (χ0) is 17.6. The minimum Gasteiger partial charge on any atom is -0.346 e. The maximum Gasteiger partial charge on any atom is 0.188 e. The fourth-order valence-corrected chi connectivity index (χ4v) is 2.99. The van der Waals surface area contributed by atoms with E-state index in [1.807, 2.05) is 30.4 Å². The summed E-state index contributed by atoms with van der Waals surface area (Å²) >= 11 is 12.1. The van der Waals surface area contributed by atoms with Crippen molar-refractivity contribution in [3.63, 3.8) is 0 Å². The minimum absolute atomic E-state index is 0.0599. The van der Waals surface area contributed by atoms with Gasteiger partial charge in [0.25, 0.3) is 0 Å². The SMILES string of the molecule is CCCCCCC1(/C=C/c2ccc(Cl)c(Cl)c2)OCC(C)(C)CO1. The summed E-state index contributed by atoms with van der Waals surface area (Å²) in [4.78, 5) is 0. The molecular formula is C20H28Cl2O2. The average molecular weight is 371 g/mol. The van der Waals surface area contributed by atoms with E-state index in [2.05, 4.69) is 20.8 Å². The van der Waals surface area contributed by atoms with Gasteiger partial charge in [0.1, 0.15) is 0 Å². The van der Waals surface area contributed by atoms with Crippen LogP contribution in [0, 0.1) is 5.41 Å². The number of unbranched alkanes of at least 4 members (excludes halogenated alkanes) is 3. The zero-order valence-electron chi connectivity index (χ0n) is 14.9. The molecule has 0 N–H and O–H groups in total. The van der Waals surface area contributed by atoms with Crippen LogP contribution in [0.3, 0.4) is 0 Å². The predicted molar refractivity (Wildman–Crippen MR) is 103 cm³/mol. The van der Waals surface area contributed by atoms with Crippen LogP contribution in [0.1, 0.15) is 58.4 Å². The summed E-state index contributed by atoms with van der Waals surface area (Å²) in [5.41, 5.74) is 1.05. The van der Waals surface area contributed by atoms with Crippen molar-refractivity contribution in [1.82, 2.24) is 0 Å². The summed E-state index contributed by atoms with van der Waals surface area (Å²) in [6.07, 6.45) is 9.70. The van der Waals surface area contributed by atoms with Gasteiger partial charge >= 0.3 is 0 Å². The monoisotopic (exact) mass is 370 g/mol. The van der Waals surface area contributed by atoms with Crippen molar-refractivity contribution in [3.8, 4) is 0 Å². The third-order valence-electron chi connectivity index (χ3n) is 4.27. The van der Waals surface area contributed by atoms with Crippen LogP contribution in [0.15, 0.2) is 24.3 Å². The molecule has 1 saturated heterocycles. The Morgan fingerprint density at radius 2 is 1.75 bits per heavy atom. The van der Waals surface area contributed by atoms with Crippen molar-refractivity contribution < 1.29 is 9.47 Å². The van der Waals surface area contributed by atoms with Crippen LogP contribution in [0.5, 0.6) is 0 Å². The highest BCUT2D eigenvalue weighted by Gasteiger charge is 2.38. The molecule has 1 aromatic rings. The van der Waals surface area contributed by atoms with Gasteiger partial charge in [0.05, 0.1) is 23.3 Å². The van der Waals surface area contributed by atoms with Crippen molar-refractivity contribution >= 4 is 29.3 Å². The molecule has 1 heterocycles. The van der Waals surface area contributed by atoms with Gasteiger partial charge in [-0.2, -0.15) is 0 Å². The third-order valence-corrected chi connectivity index (χ3v) is 5.01. The summed E-state index contributed by atoms with van der Waals surface area (Å²) in [5.74, 6) is -0.630. The molecule has 0 spiro atoms. The second-order valence-corrected chi connectivity index (χ2v) is 8.19. The number of hydrogen-bond acceptors (Lipinski definition) is 2. The van der Waals surface area contributed by atoms with Gasteiger partial charge in [-0.25, -0.2) is 0 Å². The molecule has 0 atom stereocenters. The molecule has 0 bridgehead atoms. The Morgan fingerprint density at radius 3 is 2.38 bits per heavy atom. The van der Waals surface area contributed by atoms with Crippen LogP contribution in [0.4, 0.5) is 0 Å². The summed E-state index contributed by atoms with van der Waals surface area (Å²) in [7, 11) is 0. The quantitative estimate of drug-likeness (QED) is 0.494. The van der Waals surface area contributed by atoms with Crippen LogP contribution in [0.2, 0.25) is 10.0 Å². The zero-order valence-corrected chi connectivity index (χ0v) is 16.4. The summed E-state index contributed by atoms with van der Waals surface area (Å²) in [6.45, 7) is 7.95. The van der Waals surface area contributed by atoms with Crippen molar-refractivity contribution in [2.75, 3.05) is 13.2 Å². The maximum absolute atomic E-state index is 6.17. The first-order chi connectivity index (χ1) is 11.4. The van der Waals surface area contributed by atoms with Gasteiger partial charge in [-0.05, 0) is 30.2 Å². The van der Waals surface area contributed by atoms with E-state index >= 15 is 0 Å². The van der Waals surface area contributed by atoms with E-state index < -0.39 is 5.79 Å². The van der Waals surface area contributed by atoms with Crippen LogP contribution in [-0.2, 0) is 9.47 Å². The first-order valence-electron chi connectivity index (χ1n) is 8.78. The van der Waals surface area contributed by atoms with E-state index in [0.717, 1.165) is 18.4 Å². The third kappa shape index (κ3) is 5.77. The molecule has 2 nitrogen and oxygen atoms in total. The molecule has 0 saturated carbocycles. The fourth-order valence-electron chi connectivity index (χ4n) is 2.68. The van der Waals surface area contributed by atoms with Gasteiger partial charge in [0.15, 0.2) is 5.79 Å². The van der Waals surface area contributed by atoms with E-state index in [1.165, 1.54) is 19.3 Å². The lowest BCUT2D eigenvalue weighted by Crippen LogP contribution is -2.46. The Bertz CT molecular complexity index is 557. The van der Waals surface area contributed by atoms with Crippen LogP contribution >= 0.6 is 23.2 Å². The van der Waals surface area contributed by atoms with E-state index in [-0.39, 0.29) is 5.41 Å². The largest absolute Gasteiger partial charge is 0.346 e. The Morgan fingerprint density at radius 1 is 1.04 bits per heavy atom. The minimum atomic E-state index is -0.630. The summed E-state index contributed by atoms with van der Waals surface area (Å²) in [5, 5.41) is 1.12. The standard InChI is InChI=1S/C20H28Cl2O2/c1-4-5-6-7-11-20(23-14-19(2,3)15-24-20)12-10-16-8-9-17(21)18(22)13-16/h8-10,12-13H,4-7,11,14-15H2,1-3H3/b12-10+. The smallest absolute Gasteiger partial charge is 0.188 e. The highest BCUT2D eigenvalue weighted by molar-refractivity contribution is 6.42. The molecule has 1 fully saturated rings. The molecule has 2 rings (SSSR count). The van der Waals surface area contributed by atoms with Gasteiger partial charge in [-0.3, -0.25) is 0 Å². The molecule has 1 aliphatic rings. The second-order valence-electron chi connectivity index (χ2n) is 7.37. The number of rotatable bonds is 7. The molecule has 134 valence electrons. The normalized spacial score (nSPS) is 19.7. The lowest BCUT2D eigenvalue weighted by atomic mass is 9.93. The summed E-state index contributed by atoms with van der Waals surface area (Å²) < 4.78 is 12.3. The maximum atomic E-state index is 6.17. The van der Waals surface area contributed by atoms with Gasteiger partial charge in [-0.15, -0.1) is 0 Å². The molecule has 0 aromatic heterocycles. The van der Waals surface area contributed by atoms with Crippen LogP contribution in [-0.4, -0.2) is 19.0 Å². The summed E-state index contributed by atoms with van der Waals surface area (Å²) in [6, 6.07) is 5.61. The Hall–Kier alpha value is -0.540. The number of benzene rings is 1. The van der Waals surface area contributed by atoms with Gasteiger partial charge in [0, 0.05) is 11.8 Å². The molecule has 1 aromatic carbocycles. The van der Waals surface area contributed by atoms with Gasteiger partial charge in [-0.1, -0.05) is 75.4 Å². The molecule has 0 unspecified atom stereocenters. The van der Waals surface area contributed by atoms with Crippen LogP contribution < -0.4 is 0 Å². The highest BCUT2D eigenvalue weighted by atomic mass is 35.5. The molecule has 0 radical (unpaired) electrons. The van der Waals surface area contributed by atoms with Crippen molar-refractivity contribution in [1.29, 1.82) is 0 Å². The number of hydrogen-bond donors (Lipinski definition) is 0. The molecule has 0 amide bonds. The Labute approximate surface area is 156 Å². The first kappa shape index (κ1) is 19.8. The highest BCUT2D eigenvalue weighted by Crippen LogP contribution is 2.34. The topological polar surface area (TPSA) is 18.5 Å². The molecular weight excluding hydrogens is 343 g/mol. The lowest BCUT2D eigenvalue weighted by Gasteiger charge is -2.42. The van der Waals surface area contributed by atoms with Crippen molar-refractivity contribution in [3.05, 3.63) is 39.9 Å². The Kier molecular flexibility index (Phi) is 7.18. The predicted octanol–water partition coefficient (Wildman–Crippen LogP) is 6.75. The number of ether oxygens (including phenoxy) is 2. The lowest BCUT2D eigenvalue weighted by molar-refractivity contribution is -0.274. The molecule has 0 aliphatic carbocycles. The molecule has 4 heteroatoms. The van der Waals surface area contributed by atoms with Gasteiger partial charge in [0.2, 0.25) is 0 Å². The first-order valence-corrected chi connectivity index (χ1v) is 9.54. The van der Waals surface area contributed by atoms with Crippen molar-refractivity contribution in [2.24, 2.45) is 5.41 Å². The van der Waals surface area contributed by atoms with E-state index in [0.29, 0.717) is 23.3 Å². The fraction of sp³-hybridized carbons (Fsp3) is 0.600. The second kappa shape index (κ2) is 8.71. The van der Waals surface area contributed by atoms with E-state index in [1.54, 1.807) is 0 Å². The molecule has 24 heavy (non-hydrogen) atoms. The average Bonchev–Trinajstić information content (AvgIpc) is 2.55. The molecule has 1 aliphatic heterocycles. The Balaban J connectivity index is 2.09. The van der Waals surface area contributed by atoms with E-state index in [4.69, 9.17) is 32.7 Å².